The van der Waals surface area contributed by atoms with E-state index < -0.39 is 0 Å². The van der Waals surface area contributed by atoms with Crippen LogP contribution < -0.4 is 0 Å². The molecule has 1 aliphatic rings. The van der Waals surface area contributed by atoms with Gasteiger partial charge in [-0.1, -0.05) is 34.6 Å². The number of ketones is 1. The molecule has 0 saturated heterocycles. The van der Waals surface area contributed by atoms with Crippen LogP contribution in [0.1, 0.15) is 60.3 Å². The first-order valence-electron chi connectivity index (χ1n) is 6.36. The minimum Gasteiger partial charge on any atom is -0.299 e. The fourth-order valence-electron chi connectivity index (χ4n) is 2.72. The summed E-state index contributed by atoms with van der Waals surface area (Å²) in [5.74, 6) is 1.89. The highest BCUT2D eigenvalue weighted by Gasteiger charge is 2.32. The lowest BCUT2D eigenvalue weighted by Gasteiger charge is -2.36. The Bertz CT molecular complexity index is 214. The number of carbonyl (C=O) groups is 1. The predicted molar refractivity (Wildman–Crippen MR) is 64.7 cm³/mol. The van der Waals surface area contributed by atoms with E-state index in [0.29, 0.717) is 17.1 Å². The first kappa shape index (κ1) is 12.7. The van der Waals surface area contributed by atoms with Crippen molar-refractivity contribution in [3.05, 3.63) is 0 Å². The molecule has 0 aromatic rings. The van der Waals surface area contributed by atoms with Crippen molar-refractivity contribution in [1.29, 1.82) is 0 Å². The zero-order chi connectivity index (χ0) is 11.6. The molecule has 0 heterocycles. The van der Waals surface area contributed by atoms with E-state index in [4.69, 9.17) is 0 Å². The van der Waals surface area contributed by atoms with Crippen LogP contribution in [0, 0.1) is 23.2 Å². The lowest BCUT2D eigenvalue weighted by molar-refractivity contribution is -0.127. The fourth-order valence-corrected chi connectivity index (χ4v) is 2.72. The van der Waals surface area contributed by atoms with E-state index >= 15 is 0 Å². The average Bonchev–Trinajstić information content (AvgIpc) is 2.15. The molecule has 0 amide bonds. The van der Waals surface area contributed by atoms with Crippen LogP contribution in [0.3, 0.4) is 0 Å². The smallest absolute Gasteiger partial charge is 0.138 e. The highest BCUT2D eigenvalue weighted by atomic mass is 16.1. The molecular formula is C14H26O. The number of hydrogen-bond donors (Lipinski definition) is 0. The van der Waals surface area contributed by atoms with Gasteiger partial charge in [0.25, 0.3) is 0 Å². The van der Waals surface area contributed by atoms with E-state index in [9.17, 15) is 4.79 Å². The largest absolute Gasteiger partial charge is 0.299 e. The van der Waals surface area contributed by atoms with Gasteiger partial charge in [0, 0.05) is 11.8 Å². The van der Waals surface area contributed by atoms with Crippen molar-refractivity contribution in [3.63, 3.8) is 0 Å². The molecule has 1 aliphatic carbocycles. The van der Waals surface area contributed by atoms with Crippen LogP contribution >= 0.6 is 0 Å². The maximum atomic E-state index is 11.9. The van der Waals surface area contributed by atoms with Crippen LogP contribution in [-0.4, -0.2) is 5.78 Å². The number of Topliss-reactive ketones (excluding diaryl/α,β-unsaturated/α-hetero) is 1. The van der Waals surface area contributed by atoms with Gasteiger partial charge < -0.3 is 0 Å². The highest BCUT2D eigenvalue weighted by molar-refractivity contribution is 5.82. The lowest BCUT2D eigenvalue weighted by Crippen LogP contribution is -2.30. The van der Waals surface area contributed by atoms with E-state index in [1.165, 1.54) is 12.8 Å². The molecular weight excluding hydrogens is 184 g/mol. The molecule has 15 heavy (non-hydrogen) atoms. The Labute approximate surface area is 94.6 Å². The second kappa shape index (κ2) is 4.67. The molecule has 1 saturated carbocycles. The molecule has 1 heteroatoms. The zero-order valence-corrected chi connectivity index (χ0v) is 11.0. The normalized spacial score (nSPS) is 28.1. The Hall–Kier alpha value is -0.330. The van der Waals surface area contributed by atoms with Gasteiger partial charge in [0.2, 0.25) is 0 Å². The van der Waals surface area contributed by atoms with Gasteiger partial charge in [-0.05, 0) is 37.0 Å². The minimum atomic E-state index is 0.223. The minimum absolute atomic E-state index is 0.223. The Morgan fingerprint density at radius 3 is 1.87 bits per heavy atom. The number of carbonyl (C=O) groups excluding carboxylic acids is 1. The number of rotatable bonds is 2. The molecule has 0 aromatic carbocycles. The van der Waals surface area contributed by atoms with Gasteiger partial charge in [-0.15, -0.1) is 0 Å². The quantitative estimate of drug-likeness (QED) is 0.671. The average molecular weight is 210 g/mol. The summed E-state index contributed by atoms with van der Waals surface area (Å²) in [5.41, 5.74) is 0.422. The SMILES string of the molecule is CC(C)C(=O)C1CCC(C(C)(C)C)CC1. The van der Waals surface area contributed by atoms with Gasteiger partial charge in [0.1, 0.15) is 5.78 Å². The molecule has 0 unspecified atom stereocenters. The second-order valence-corrected chi connectivity index (χ2v) is 6.47. The van der Waals surface area contributed by atoms with E-state index in [1.807, 2.05) is 13.8 Å². The summed E-state index contributed by atoms with van der Waals surface area (Å²) in [6.45, 7) is 11.0. The van der Waals surface area contributed by atoms with Crippen LogP contribution in [0.2, 0.25) is 0 Å². The van der Waals surface area contributed by atoms with E-state index in [2.05, 4.69) is 20.8 Å². The van der Waals surface area contributed by atoms with Gasteiger partial charge in [-0.25, -0.2) is 0 Å². The van der Waals surface area contributed by atoms with Crippen LogP contribution in [0.4, 0.5) is 0 Å². The van der Waals surface area contributed by atoms with Crippen LogP contribution in [-0.2, 0) is 4.79 Å². The third kappa shape index (κ3) is 3.32. The summed E-state index contributed by atoms with van der Waals surface area (Å²) >= 11 is 0. The maximum absolute atomic E-state index is 11.9. The first-order chi connectivity index (χ1) is 6.82. The predicted octanol–water partition coefficient (Wildman–Crippen LogP) is 4.06. The summed E-state index contributed by atoms with van der Waals surface area (Å²) in [7, 11) is 0. The van der Waals surface area contributed by atoms with Crippen molar-refractivity contribution in [2.24, 2.45) is 23.2 Å². The fraction of sp³-hybridized carbons (Fsp3) is 0.929. The van der Waals surface area contributed by atoms with Crippen molar-refractivity contribution in [2.75, 3.05) is 0 Å². The van der Waals surface area contributed by atoms with Crippen molar-refractivity contribution in [3.8, 4) is 0 Å². The third-order valence-corrected chi connectivity index (χ3v) is 3.92. The lowest BCUT2D eigenvalue weighted by atomic mass is 9.68. The topological polar surface area (TPSA) is 17.1 Å². The molecule has 0 spiro atoms. The Kier molecular flexibility index (Phi) is 3.97. The van der Waals surface area contributed by atoms with Crippen LogP contribution in [0.15, 0.2) is 0 Å². The molecule has 0 aliphatic heterocycles. The Morgan fingerprint density at radius 2 is 1.53 bits per heavy atom. The summed E-state index contributed by atoms with van der Waals surface area (Å²) in [6.07, 6.45) is 4.73. The molecule has 1 rings (SSSR count). The molecule has 0 radical (unpaired) electrons. The molecule has 0 N–H and O–H groups in total. The first-order valence-corrected chi connectivity index (χ1v) is 6.36. The van der Waals surface area contributed by atoms with Crippen LogP contribution in [0.25, 0.3) is 0 Å². The summed E-state index contributed by atoms with van der Waals surface area (Å²) < 4.78 is 0. The van der Waals surface area contributed by atoms with Gasteiger partial charge >= 0.3 is 0 Å². The standard InChI is InChI=1S/C14H26O/c1-10(2)13(15)11-6-8-12(9-7-11)14(3,4)5/h10-12H,6-9H2,1-5H3. The molecule has 1 nitrogen and oxygen atoms in total. The Balaban J connectivity index is 2.46. The highest BCUT2D eigenvalue weighted by Crippen LogP contribution is 2.40. The van der Waals surface area contributed by atoms with E-state index in [0.717, 1.165) is 18.8 Å². The summed E-state index contributed by atoms with van der Waals surface area (Å²) in [6, 6.07) is 0. The second-order valence-electron chi connectivity index (χ2n) is 6.47. The van der Waals surface area contributed by atoms with Gasteiger partial charge in [-0.2, -0.15) is 0 Å². The molecule has 0 atom stereocenters. The van der Waals surface area contributed by atoms with Gasteiger partial charge in [0.15, 0.2) is 0 Å². The van der Waals surface area contributed by atoms with Gasteiger partial charge in [-0.3, -0.25) is 4.79 Å². The summed E-state index contributed by atoms with van der Waals surface area (Å²) in [5, 5.41) is 0. The zero-order valence-electron chi connectivity index (χ0n) is 11.0. The Morgan fingerprint density at radius 1 is 1.07 bits per heavy atom. The molecule has 88 valence electrons. The van der Waals surface area contributed by atoms with Crippen molar-refractivity contribution >= 4 is 5.78 Å². The van der Waals surface area contributed by atoms with Crippen molar-refractivity contribution < 1.29 is 4.79 Å². The molecule has 0 aromatic heterocycles. The molecule has 1 fully saturated rings. The van der Waals surface area contributed by atoms with Crippen LogP contribution in [0.5, 0.6) is 0 Å². The summed E-state index contributed by atoms with van der Waals surface area (Å²) in [4.78, 5) is 11.9. The van der Waals surface area contributed by atoms with E-state index in [-0.39, 0.29) is 5.92 Å². The van der Waals surface area contributed by atoms with Gasteiger partial charge in [0.05, 0.1) is 0 Å². The monoisotopic (exact) mass is 210 g/mol. The maximum Gasteiger partial charge on any atom is 0.138 e. The number of hydrogen-bond acceptors (Lipinski definition) is 1. The third-order valence-electron chi connectivity index (χ3n) is 3.92. The molecule has 0 bridgehead atoms. The van der Waals surface area contributed by atoms with Crippen molar-refractivity contribution in [1.82, 2.24) is 0 Å². The van der Waals surface area contributed by atoms with Crippen molar-refractivity contribution in [2.45, 2.75) is 60.3 Å². The van der Waals surface area contributed by atoms with E-state index in [1.54, 1.807) is 0 Å².